The molecule has 1 aliphatic heterocycles. The molecule has 0 saturated carbocycles. The van der Waals surface area contributed by atoms with Gasteiger partial charge in [-0.3, -0.25) is 4.79 Å². The molecule has 1 unspecified atom stereocenters. The van der Waals surface area contributed by atoms with Gasteiger partial charge in [0.1, 0.15) is 0 Å². The van der Waals surface area contributed by atoms with Crippen LogP contribution in [0.5, 0.6) is 0 Å². The highest BCUT2D eigenvalue weighted by Crippen LogP contribution is 2.22. The summed E-state index contributed by atoms with van der Waals surface area (Å²) < 4.78 is 0. The van der Waals surface area contributed by atoms with E-state index in [-0.39, 0.29) is 17.9 Å². The molecule has 1 saturated heterocycles. The first-order chi connectivity index (χ1) is 11.6. The van der Waals surface area contributed by atoms with Crippen LogP contribution in [-0.2, 0) is 4.79 Å². The zero-order valence-corrected chi connectivity index (χ0v) is 15.6. The van der Waals surface area contributed by atoms with E-state index >= 15 is 0 Å². The van der Waals surface area contributed by atoms with Crippen molar-refractivity contribution in [3.63, 3.8) is 0 Å². The van der Waals surface area contributed by atoms with Crippen LogP contribution in [0.15, 0.2) is 29.2 Å². The molecule has 2 rings (SSSR count). The number of nitrogens with zero attached hydrogens (tertiary/aromatic N) is 2. The normalized spacial score (nSPS) is 17.5. The molecule has 1 aromatic rings. The molecule has 132 valence electrons. The third kappa shape index (κ3) is 4.66. The summed E-state index contributed by atoms with van der Waals surface area (Å²) in [6, 6.07) is 7.68. The molecule has 1 aliphatic rings. The fraction of sp³-hybridized carbons (Fsp3) is 0.556. The summed E-state index contributed by atoms with van der Waals surface area (Å²) in [5.41, 5.74) is 0.795. The largest absolute Gasteiger partial charge is 0.343 e. The van der Waals surface area contributed by atoms with Crippen LogP contribution in [0.25, 0.3) is 0 Å². The van der Waals surface area contributed by atoms with Gasteiger partial charge >= 0.3 is 6.03 Å². The molecule has 1 aromatic carbocycles. The first-order valence-electron chi connectivity index (χ1n) is 8.57. The second-order valence-corrected chi connectivity index (χ2v) is 6.84. The first-order valence-corrected chi connectivity index (χ1v) is 9.80. The lowest BCUT2D eigenvalue weighted by atomic mass is 9.96. The highest BCUT2D eigenvalue weighted by molar-refractivity contribution is 7.98. The van der Waals surface area contributed by atoms with Gasteiger partial charge in [-0.15, -0.1) is 11.8 Å². The Bertz CT molecular complexity index is 575. The molecule has 24 heavy (non-hydrogen) atoms. The molecule has 1 atom stereocenters. The standard InChI is InChI=1S/C18H27N3O2S/c1-4-20(5-2)17(22)14-8-7-11-21(13-14)18(23)19-15-9-6-10-16(12-15)24-3/h6,9-10,12,14H,4-5,7-8,11,13H2,1-3H3,(H,19,23). The molecule has 0 aliphatic carbocycles. The predicted molar refractivity (Wildman–Crippen MR) is 99.5 cm³/mol. The Hall–Kier alpha value is -1.69. The second-order valence-electron chi connectivity index (χ2n) is 5.96. The fourth-order valence-electron chi connectivity index (χ4n) is 3.06. The van der Waals surface area contributed by atoms with Crippen LogP contribution >= 0.6 is 11.8 Å². The smallest absolute Gasteiger partial charge is 0.321 e. The quantitative estimate of drug-likeness (QED) is 0.828. The SMILES string of the molecule is CCN(CC)C(=O)C1CCCN(C(=O)Nc2cccc(SC)c2)C1. The Morgan fingerprint density at radius 2 is 2.08 bits per heavy atom. The van der Waals surface area contributed by atoms with Gasteiger partial charge < -0.3 is 15.1 Å². The number of carbonyl (C=O) groups excluding carboxylic acids is 2. The molecule has 1 N–H and O–H groups in total. The van der Waals surface area contributed by atoms with Gasteiger partial charge in [-0.2, -0.15) is 0 Å². The second kappa shape index (κ2) is 8.97. The highest BCUT2D eigenvalue weighted by atomic mass is 32.2. The molecule has 1 fully saturated rings. The van der Waals surface area contributed by atoms with E-state index < -0.39 is 0 Å². The summed E-state index contributed by atoms with van der Waals surface area (Å²) in [5, 5.41) is 2.95. The van der Waals surface area contributed by atoms with E-state index in [2.05, 4.69) is 5.32 Å². The van der Waals surface area contributed by atoms with Crippen molar-refractivity contribution in [1.29, 1.82) is 0 Å². The number of carbonyl (C=O) groups is 2. The fourth-order valence-corrected chi connectivity index (χ4v) is 3.52. The molecule has 0 aromatic heterocycles. The number of benzene rings is 1. The molecule has 5 nitrogen and oxygen atoms in total. The van der Waals surface area contributed by atoms with Gasteiger partial charge in [0.25, 0.3) is 0 Å². The van der Waals surface area contributed by atoms with Crippen LogP contribution in [0.1, 0.15) is 26.7 Å². The van der Waals surface area contributed by atoms with E-state index in [4.69, 9.17) is 0 Å². The number of thioether (sulfide) groups is 1. The van der Waals surface area contributed by atoms with E-state index in [1.54, 1.807) is 16.7 Å². The Kier molecular flexibility index (Phi) is 6.97. The van der Waals surface area contributed by atoms with Gasteiger partial charge in [-0.05, 0) is 51.1 Å². The van der Waals surface area contributed by atoms with Crippen LogP contribution in [0.2, 0.25) is 0 Å². The summed E-state index contributed by atoms with van der Waals surface area (Å²) in [4.78, 5) is 29.8. The lowest BCUT2D eigenvalue weighted by Crippen LogP contribution is -2.47. The van der Waals surface area contributed by atoms with Crippen LogP contribution in [-0.4, -0.2) is 54.2 Å². The molecule has 0 bridgehead atoms. The molecule has 1 heterocycles. The topological polar surface area (TPSA) is 52.7 Å². The van der Waals surface area contributed by atoms with Gasteiger partial charge in [0.2, 0.25) is 5.91 Å². The predicted octanol–water partition coefficient (Wildman–Crippen LogP) is 3.52. The molecular weight excluding hydrogens is 322 g/mol. The number of piperidine rings is 1. The summed E-state index contributed by atoms with van der Waals surface area (Å²) in [5.74, 6) is 0.0869. The van der Waals surface area contributed by atoms with Crippen molar-refractivity contribution in [1.82, 2.24) is 9.80 Å². The highest BCUT2D eigenvalue weighted by Gasteiger charge is 2.30. The maximum atomic E-state index is 12.5. The molecular formula is C18H27N3O2S. The van der Waals surface area contributed by atoms with Crippen LogP contribution in [0.4, 0.5) is 10.5 Å². The maximum absolute atomic E-state index is 12.5. The van der Waals surface area contributed by atoms with Crippen LogP contribution in [0.3, 0.4) is 0 Å². The van der Waals surface area contributed by atoms with Crippen molar-refractivity contribution in [3.8, 4) is 0 Å². The zero-order valence-electron chi connectivity index (χ0n) is 14.7. The number of rotatable bonds is 5. The minimum Gasteiger partial charge on any atom is -0.343 e. The molecule has 3 amide bonds. The van der Waals surface area contributed by atoms with E-state index in [0.29, 0.717) is 13.1 Å². The van der Waals surface area contributed by atoms with Gasteiger partial charge in [-0.1, -0.05) is 6.07 Å². The van der Waals surface area contributed by atoms with E-state index in [0.717, 1.165) is 36.5 Å². The van der Waals surface area contributed by atoms with Gasteiger partial charge in [0.05, 0.1) is 5.92 Å². The van der Waals surface area contributed by atoms with Gasteiger partial charge in [0.15, 0.2) is 0 Å². The van der Waals surface area contributed by atoms with Crippen molar-refractivity contribution in [2.75, 3.05) is 37.8 Å². The van der Waals surface area contributed by atoms with Gasteiger partial charge in [-0.25, -0.2) is 4.79 Å². The van der Waals surface area contributed by atoms with Crippen molar-refractivity contribution < 1.29 is 9.59 Å². The van der Waals surface area contributed by atoms with Gasteiger partial charge in [0, 0.05) is 36.8 Å². The summed E-state index contributed by atoms with van der Waals surface area (Å²) >= 11 is 1.64. The number of hydrogen-bond acceptors (Lipinski definition) is 3. The monoisotopic (exact) mass is 349 g/mol. The lowest BCUT2D eigenvalue weighted by Gasteiger charge is -2.34. The Morgan fingerprint density at radius 3 is 2.75 bits per heavy atom. The number of likely N-dealkylation sites (tertiary alicyclic amines) is 1. The van der Waals surface area contributed by atoms with E-state index in [1.807, 2.05) is 49.3 Å². The average Bonchev–Trinajstić information content (AvgIpc) is 2.63. The summed E-state index contributed by atoms with van der Waals surface area (Å²) in [7, 11) is 0. The number of urea groups is 1. The number of anilines is 1. The Balaban J connectivity index is 1.98. The molecule has 0 spiro atoms. The summed E-state index contributed by atoms with van der Waals surface area (Å²) in [6.07, 6.45) is 3.74. The van der Waals surface area contributed by atoms with Crippen LogP contribution < -0.4 is 5.32 Å². The zero-order chi connectivity index (χ0) is 17.5. The molecule has 6 heteroatoms. The minimum absolute atomic E-state index is 0.0815. The van der Waals surface area contributed by atoms with E-state index in [9.17, 15) is 9.59 Å². The Labute approximate surface area is 148 Å². The number of amides is 3. The van der Waals surface area contributed by atoms with Crippen molar-refractivity contribution in [3.05, 3.63) is 24.3 Å². The Morgan fingerprint density at radius 1 is 1.33 bits per heavy atom. The summed E-state index contributed by atoms with van der Waals surface area (Å²) in [6.45, 7) is 6.64. The minimum atomic E-state index is -0.120. The van der Waals surface area contributed by atoms with Crippen molar-refractivity contribution >= 4 is 29.4 Å². The van der Waals surface area contributed by atoms with Crippen molar-refractivity contribution in [2.24, 2.45) is 5.92 Å². The lowest BCUT2D eigenvalue weighted by molar-refractivity contribution is -0.136. The number of hydrogen-bond donors (Lipinski definition) is 1. The molecule has 0 radical (unpaired) electrons. The average molecular weight is 350 g/mol. The maximum Gasteiger partial charge on any atom is 0.321 e. The van der Waals surface area contributed by atoms with Crippen LogP contribution in [0, 0.1) is 5.92 Å². The van der Waals surface area contributed by atoms with E-state index in [1.165, 1.54) is 0 Å². The van der Waals surface area contributed by atoms with Crippen molar-refractivity contribution in [2.45, 2.75) is 31.6 Å². The third-order valence-corrected chi connectivity index (χ3v) is 5.18. The number of nitrogens with one attached hydrogen (secondary N) is 1. The third-order valence-electron chi connectivity index (χ3n) is 4.45. The first kappa shape index (κ1) is 18.6.